The molecule has 1 amide bonds. The highest BCUT2D eigenvalue weighted by Gasteiger charge is 2.20. The smallest absolute Gasteiger partial charge is 0.241 e. The maximum Gasteiger partial charge on any atom is 0.241 e. The van der Waals surface area contributed by atoms with E-state index in [-0.39, 0.29) is 17.9 Å². The summed E-state index contributed by atoms with van der Waals surface area (Å²) in [5.41, 5.74) is 6.09. The van der Waals surface area contributed by atoms with E-state index >= 15 is 0 Å². The Hall–Kier alpha value is -1.88. The summed E-state index contributed by atoms with van der Waals surface area (Å²) in [6.07, 6.45) is -0.0811. The summed E-state index contributed by atoms with van der Waals surface area (Å²) in [6.45, 7) is 2.92. The van der Waals surface area contributed by atoms with Crippen LogP contribution in [0.4, 0.5) is 0 Å². The predicted molar refractivity (Wildman–Crippen MR) is 78.7 cm³/mol. The molecule has 1 aromatic rings. The molecule has 114 valence electrons. The van der Waals surface area contributed by atoms with Gasteiger partial charge in [0.2, 0.25) is 15.9 Å². The molecular formula is C14H18N2O4S. The van der Waals surface area contributed by atoms with Crippen molar-refractivity contribution in [2.45, 2.75) is 31.2 Å². The molecule has 0 fully saturated rings. The lowest BCUT2D eigenvalue weighted by atomic mass is 10.1. The zero-order chi connectivity index (χ0) is 16.0. The lowest BCUT2D eigenvalue weighted by Crippen LogP contribution is -2.36. The van der Waals surface area contributed by atoms with E-state index in [1.807, 2.05) is 0 Å². The van der Waals surface area contributed by atoms with Crippen molar-refractivity contribution in [1.29, 1.82) is 0 Å². The average molecular weight is 310 g/mol. The van der Waals surface area contributed by atoms with Crippen LogP contribution in [0.15, 0.2) is 23.1 Å². The van der Waals surface area contributed by atoms with E-state index in [1.54, 1.807) is 26.0 Å². The van der Waals surface area contributed by atoms with Gasteiger partial charge < -0.3 is 10.8 Å². The SMILES string of the molecule is Cc1ccc(C#CCO)cc1S(=O)(=O)NC(C)CC(N)=O. The van der Waals surface area contributed by atoms with E-state index in [4.69, 9.17) is 10.8 Å². The number of primary amides is 1. The molecule has 4 N–H and O–H groups in total. The third kappa shape index (κ3) is 5.19. The molecule has 0 aromatic heterocycles. The van der Waals surface area contributed by atoms with E-state index in [1.165, 1.54) is 6.07 Å². The normalized spacial score (nSPS) is 12.3. The molecule has 1 atom stereocenters. The van der Waals surface area contributed by atoms with Crippen molar-refractivity contribution in [2.75, 3.05) is 6.61 Å². The minimum absolute atomic E-state index is 0.0811. The molecule has 0 spiro atoms. The summed E-state index contributed by atoms with van der Waals surface area (Å²) >= 11 is 0. The van der Waals surface area contributed by atoms with Gasteiger partial charge in [-0.05, 0) is 31.5 Å². The summed E-state index contributed by atoms with van der Waals surface area (Å²) in [5.74, 6) is 4.53. The first kappa shape index (κ1) is 17.2. The second-order valence-corrected chi connectivity index (χ2v) is 6.32. The Morgan fingerprint density at radius 3 is 2.71 bits per heavy atom. The van der Waals surface area contributed by atoms with E-state index in [9.17, 15) is 13.2 Å². The largest absolute Gasteiger partial charge is 0.384 e. The predicted octanol–water partition coefficient (Wildman–Crippen LogP) is -0.119. The van der Waals surface area contributed by atoms with Crippen molar-refractivity contribution in [3.63, 3.8) is 0 Å². The Morgan fingerprint density at radius 1 is 1.48 bits per heavy atom. The van der Waals surface area contributed by atoms with Crippen LogP contribution in [-0.4, -0.2) is 32.1 Å². The summed E-state index contributed by atoms with van der Waals surface area (Å²) in [6, 6.07) is 4.13. The first-order chi connectivity index (χ1) is 9.76. The van der Waals surface area contributed by atoms with Gasteiger partial charge in [0.05, 0.1) is 4.90 Å². The fourth-order valence-electron chi connectivity index (χ4n) is 1.78. The van der Waals surface area contributed by atoms with Gasteiger partial charge in [-0.15, -0.1) is 0 Å². The topological polar surface area (TPSA) is 109 Å². The number of carbonyl (C=O) groups excluding carboxylic acids is 1. The third-order valence-electron chi connectivity index (χ3n) is 2.65. The van der Waals surface area contributed by atoms with Gasteiger partial charge in [0.1, 0.15) is 6.61 Å². The van der Waals surface area contributed by atoms with Crippen molar-refractivity contribution >= 4 is 15.9 Å². The minimum Gasteiger partial charge on any atom is -0.384 e. The third-order valence-corrected chi connectivity index (χ3v) is 4.38. The van der Waals surface area contributed by atoms with Crippen LogP contribution in [-0.2, 0) is 14.8 Å². The summed E-state index contributed by atoms with van der Waals surface area (Å²) in [7, 11) is -3.77. The zero-order valence-electron chi connectivity index (χ0n) is 11.9. The second kappa shape index (κ2) is 7.22. The molecule has 0 saturated carbocycles. The van der Waals surface area contributed by atoms with Gasteiger partial charge >= 0.3 is 0 Å². The van der Waals surface area contributed by atoms with E-state index in [0.717, 1.165) is 0 Å². The van der Waals surface area contributed by atoms with Crippen LogP contribution < -0.4 is 10.5 Å². The van der Waals surface area contributed by atoms with Crippen LogP contribution in [0.5, 0.6) is 0 Å². The number of sulfonamides is 1. The fraction of sp³-hybridized carbons (Fsp3) is 0.357. The zero-order valence-corrected chi connectivity index (χ0v) is 12.7. The Bertz CT molecular complexity index is 687. The lowest BCUT2D eigenvalue weighted by Gasteiger charge is -2.14. The van der Waals surface area contributed by atoms with Crippen LogP contribution in [0.3, 0.4) is 0 Å². The average Bonchev–Trinajstić information content (AvgIpc) is 2.35. The minimum atomic E-state index is -3.77. The van der Waals surface area contributed by atoms with Crippen LogP contribution >= 0.6 is 0 Å². The van der Waals surface area contributed by atoms with Gasteiger partial charge in [-0.1, -0.05) is 17.9 Å². The number of aliphatic hydroxyl groups excluding tert-OH is 1. The quantitative estimate of drug-likeness (QED) is 0.659. The van der Waals surface area contributed by atoms with Gasteiger partial charge in [0, 0.05) is 18.0 Å². The number of amides is 1. The molecule has 7 heteroatoms. The molecule has 0 aliphatic carbocycles. The summed E-state index contributed by atoms with van der Waals surface area (Å²) in [4.78, 5) is 10.9. The number of aliphatic hydroxyl groups is 1. The Morgan fingerprint density at radius 2 is 2.14 bits per heavy atom. The first-order valence-electron chi connectivity index (χ1n) is 6.27. The number of benzene rings is 1. The summed E-state index contributed by atoms with van der Waals surface area (Å²) in [5, 5.41) is 8.67. The first-order valence-corrected chi connectivity index (χ1v) is 7.75. The van der Waals surface area contributed by atoms with Gasteiger partial charge in [-0.2, -0.15) is 0 Å². The second-order valence-electron chi connectivity index (χ2n) is 4.63. The molecule has 0 aliphatic heterocycles. The number of nitrogens with two attached hydrogens (primary N) is 1. The number of rotatable bonds is 5. The molecule has 21 heavy (non-hydrogen) atoms. The highest BCUT2D eigenvalue weighted by Crippen LogP contribution is 2.17. The van der Waals surface area contributed by atoms with Gasteiger partial charge in [-0.25, -0.2) is 13.1 Å². The van der Waals surface area contributed by atoms with Crippen LogP contribution in [0.1, 0.15) is 24.5 Å². The van der Waals surface area contributed by atoms with Crippen molar-refractivity contribution < 1.29 is 18.3 Å². The fourth-order valence-corrected chi connectivity index (χ4v) is 3.29. The number of nitrogens with one attached hydrogen (secondary N) is 1. The van der Waals surface area contributed by atoms with Crippen molar-refractivity contribution in [3.8, 4) is 11.8 Å². The molecule has 0 heterocycles. The van der Waals surface area contributed by atoms with Gasteiger partial charge in [0.25, 0.3) is 0 Å². The number of hydrogen-bond acceptors (Lipinski definition) is 4. The molecule has 0 radical (unpaired) electrons. The van der Waals surface area contributed by atoms with Crippen LogP contribution in [0, 0.1) is 18.8 Å². The molecule has 1 rings (SSSR count). The number of carbonyl (C=O) groups is 1. The van der Waals surface area contributed by atoms with Crippen molar-refractivity contribution in [2.24, 2.45) is 5.73 Å². The molecule has 1 aromatic carbocycles. The molecule has 1 unspecified atom stereocenters. The van der Waals surface area contributed by atoms with Crippen LogP contribution in [0.25, 0.3) is 0 Å². The maximum absolute atomic E-state index is 12.3. The van der Waals surface area contributed by atoms with Crippen LogP contribution in [0.2, 0.25) is 0 Å². The molecular weight excluding hydrogens is 292 g/mol. The monoisotopic (exact) mass is 310 g/mol. The number of aryl methyl sites for hydroxylation is 1. The number of hydrogen-bond donors (Lipinski definition) is 3. The Kier molecular flexibility index (Phi) is 5.90. The molecule has 0 bridgehead atoms. The maximum atomic E-state index is 12.3. The van der Waals surface area contributed by atoms with Crippen molar-refractivity contribution in [3.05, 3.63) is 29.3 Å². The molecule has 6 nitrogen and oxygen atoms in total. The summed E-state index contributed by atoms with van der Waals surface area (Å²) < 4.78 is 27.0. The lowest BCUT2D eigenvalue weighted by molar-refractivity contribution is -0.118. The van der Waals surface area contributed by atoms with Crippen molar-refractivity contribution in [1.82, 2.24) is 4.72 Å². The van der Waals surface area contributed by atoms with Gasteiger partial charge in [0.15, 0.2) is 0 Å². The Labute approximate surface area is 124 Å². The highest BCUT2D eigenvalue weighted by molar-refractivity contribution is 7.89. The highest BCUT2D eigenvalue weighted by atomic mass is 32.2. The standard InChI is InChI=1S/C14H18N2O4S/c1-10-5-6-12(4-3-7-17)9-13(10)21(19,20)16-11(2)8-14(15)18/h5-6,9,11,16-17H,7-8H2,1-2H3,(H2,15,18). The van der Waals surface area contributed by atoms with Gasteiger partial charge in [-0.3, -0.25) is 4.79 Å². The molecule has 0 saturated heterocycles. The van der Waals surface area contributed by atoms with E-state index in [2.05, 4.69) is 16.6 Å². The van der Waals surface area contributed by atoms with E-state index < -0.39 is 22.0 Å². The molecule has 0 aliphatic rings. The van der Waals surface area contributed by atoms with E-state index in [0.29, 0.717) is 11.1 Å². The Balaban J connectivity index is 3.09.